The fourth-order valence-corrected chi connectivity index (χ4v) is 3.70. The standard InChI is InChI=1S/C22H31FN2O4/c1-2-8-25-9-3-4-10-28-18-12-16(11-17(23)14-18)13-19(20-15-29-20)24-21(26)6-5-7-22(25)27/h11-12,14,19-20H,2-10,13,15H2,1H3,(H,24,26)/t19-,20?/m0/s1. The lowest BCUT2D eigenvalue weighted by Crippen LogP contribution is -2.40. The summed E-state index contributed by atoms with van der Waals surface area (Å²) in [6, 6.07) is 4.48. The Morgan fingerprint density at radius 3 is 2.76 bits per heavy atom. The molecule has 0 spiro atoms. The van der Waals surface area contributed by atoms with E-state index >= 15 is 0 Å². The summed E-state index contributed by atoms with van der Waals surface area (Å²) >= 11 is 0. The topological polar surface area (TPSA) is 71.2 Å². The fraction of sp³-hybridized carbons (Fsp3) is 0.636. The smallest absolute Gasteiger partial charge is 0.222 e. The molecule has 0 aromatic heterocycles. The Balaban J connectivity index is 1.71. The van der Waals surface area contributed by atoms with Crippen molar-refractivity contribution in [3.8, 4) is 5.75 Å². The third-order valence-electron chi connectivity index (χ3n) is 5.27. The lowest BCUT2D eigenvalue weighted by molar-refractivity contribution is -0.131. The maximum atomic E-state index is 14.1. The number of nitrogens with zero attached hydrogens (tertiary/aromatic N) is 1. The van der Waals surface area contributed by atoms with Gasteiger partial charge in [0.1, 0.15) is 17.7 Å². The molecule has 0 saturated carbocycles. The van der Waals surface area contributed by atoms with Gasteiger partial charge in [-0.05, 0) is 49.8 Å². The molecule has 1 saturated heterocycles. The first-order valence-electron chi connectivity index (χ1n) is 10.7. The molecule has 6 nitrogen and oxygen atoms in total. The Labute approximate surface area is 171 Å². The van der Waals surface area contributed by atoms with Gasteiger partial charge in [-0.1, -0.05) is 6.92 Å². The number of carbonyl (C=O) groups is 2. The van der Waals surface area contributed by atoms with Crippen molar-refractivity contribution in [1.29, 1.82) is 0 Å². The van der Waals surface area contributed by atoms with Crippen molar-refractivity contribution >= 4 is 11.8 Å². The van der Waals surface area contributed by atoms with Gasteiger partial charge < -0.3 is 19.7 Å². The molecule has 2 aliphatic heterocycles. The Morgan fingerprint density at radius 1 is 1.17 bits per heavy atom. The minimum Gasteiger partial charge on any atom is -0.493 e. The zero-order valence-electron chi connectivity index (χ0n) is 17.1. The van der Waals surface area contributed by atoms with Crippen LogP contribution in [0.3, 0.4) is 0 Å². The van der Waals surface area contributed by atoms with Gasteiger partial charge in [0.25, 0.3) is 0 Å². The lowest BCUT2D eigenvalue weighted by atomic mass is 10.0. The average Bonchev–Trinajstić information content (AvgIpc) is 3.50. The molecule has 1 N–H and O–H groups in total. The van der Waals surface area contributed by atoms with Gasteiger partial charge in [0, 0.05) is 32.0 Å². The monoisotopic (exact) mass is 406 g/mol. The van der Waals surface area contributed by atoms with Crippen LogP contribution >= 0.6 is 0 Å². The van der Waals surface area contributed by atoms with E-state index in [9.17, 15) is 14.0 Å². The number of rotatable bonds is 3. The minimum atomic E-state index is -0.350. The molecule has 0 radical (unpaired) electrons. The summed E-state index contributed by atoms with van der Waals surface area (Å²) in [5.74, 6) is 0.141. The largest absolute Gasteiger partial charge is 0.493 e. The van der Waals surface area contributed by atoms with E-state index in [1.165, 1.54) is 12.1 Å². The molecule has 2 amide bonds. The predicted molar refractivity (Wildman–Crippen MR) is 107 cm³/mol. The van der Waals surface area contributed by atoms with Crippen molar-refractivity contribution in [3.63, 3.8) is 0 Å². The van der Waals surface area contributed by atoms with Crippen LogP contribution in [0, 0.1) is 5.82 Å². The van der Waals surface area contributed by atoms with Crippen LogP contribution in [0.5, 0.6) is 5.75 Å². The molecule has 1 fully saturated rings. The zero-order valence-corrected chi connectivity index (χ0v) is 17.1. The van der Waals surface area contributed by atoms with E-state index in [1.54, 1.807) is 0 Å². The van der Waals surface area contributed by atoms with Crippen LogP contribution in [0.2, 0.25) is 0 Å². The Morgan fingerprint density at radius 2 is 2.00 bits per heavy atom. The fourth-order valence-electron chi connectivity index (χ4n) is 3.70. The highest BCUT2D eigenvalue weighted by molar-refractivity contribution is 5.79. The number of hydrogen-bond donors (Lipinski definition) is 1. The second kappa shape index (κ2) is 10.6. The molecule has 2 bridgehead atoms. The first-order chi connectivity index (χ1) is 14.0. The van der Waals surface area contributed by atoms with Crippen molar-refractivity contribution in [1.82, 2.24) is 10.2 Å². The second-order valence-corrected chi connectivity index (χ2v) is 7.84. The van der Waals surface area contributed by atoms with Gasteiger partial charge in [-0.3, -0.25) is 9.59 Å². The number of nitrogens with one attached hydrogen (secondary N) is 1. The summed E-state index contributed by atoms with van der Waals surface area (Å²) in [6.45, 7) is 4.52. The van der Waals surface area contributed by atoms with Crippen molar-refractivity contribution in [3.05, 3.63) is 29.6 Å². The number of ether oxygens (including phenoxy) is 2. The summed E-state index contributed by atoms with van der Waals surface area (Å²) in [6.07, 6.45) is 4.15. The van der Waals surface area contributed by atoms with Crippen LogP contribution in [0.15, 0.2) is 18.2 Å². The van der Waals surface area contributed by atoms with Crippen LogP contribution in [0.25, 0.3) is 0 Å². The number of benzene rings is 1. The van der Waals surface area contributed by atoms with Gasteiger partial charge in [-0.2, -0.15) is 0 Å². The number of epoxide rings is 1. The van der Waals surface area contributed by atoms with Gasteiger partial charge in [0.05, 0.1) is 19.3 Å². The van der Waals surface area contributed by atoms with Gasteiger partial charge in [-0.15, -0.1) is 0 Å². The van der Waals surface area contributed by atoms with E-state index in [2.05, 4.69) is 5.32 Å². The normalized spacial score (nSPS) is 24.4. The SMILES string of the molecule is CCCN1CCCCOc2cc(F)cc(c2)C[C@@H](C2CO2)NC(=O)CCCC1=O. The summed E-state index contributed by atoms with van der Waals surface area (Å²) in [5.41, 5.74) is 0.773. The first kappa shape index (κ1) is 21.6. The molecule has 7 heteroatoms. The molecular formula is C22H31FN2O4. The van der Waals surface area contributed by atoms with E-state index in [0.717, 1.165) is 31.4 Å². The van der Waals surface area contributed by atoms with E-state index < -0.39 is 0 Å². The maximum absolute atomic E-state index is 14.1. The molecule has 29 heavy (non-hydrogen) atoms. The molecule has 1 aromatic carbocycles. The summed E-state index contributed by atoms with van der Waals surface area (Å²) in [5, 5.41) is 3.00. The van der Waals surface area contributed by atoms with E-state index in [0.29, 0.717) is 51.2 Å². The van der Waals surface area contributed by atoms with Crippen molar-refractivity contribution < 1.29 is 23.5 Å². The molecule has 1 aromatic rings. The van der Waals surface area contributed by atoms with Crippen LogP contribution in [0.4, 0.5) is 4.39 Å². The molecule has 3 rings (SSSR count). The van der Waals surface area contributed by atoms with Crippen molar-refractivity contribution in [2.24, 2.45) is 0 Å². The predicted octanol–water partition coefficient (Wildman–Crippen LogP) is 2.83. The summed E-state index contributed by atoms with van der Waals surface area (Å²) in [4.78, 5) is 26.8. The van der Waals surface area contributed by atoms with Crippen LogP contribution < -0.4 is 10.1 Å². The summed E-state index contributed by atoms with van der Waals surface area (Å²) in [7, 11) is 0. The Kier molecular flexibility index (Phi) is 7.86. The Bertz CT molecular complexity index is 708. The molecule has 2 atom stereocenters. The molecule has 0 aliphatic carbocycles. The number of carbonyl (C=O) groups excluding carboxylic acids is 2. The number of hydrogen-bond acceptors (Lipinski definition) is 4. The average molecular weight is 406 g/mol. The number of fused-ring (bicyclic) bond motifs is 2. The van der Waals surface area contributed by atoms with E-state index in [-0.39, 0.29) is 29.8 Å². The molecule has 1 unspecified atom stereocenters. The number of amides is 2. The highest BCUT2D eigenvalue weighted by Gasteiger charge is 2.34. The van der Waals surface area contributed by atoms with Crippen LogP contribution in [0.1, 0.15) is 51.0 Å². The van der Waals surface area contributed by atoms with Gasteiger partial charge in [0.15, 0.2) is 0 Å². The maximum Gasteiger partial charge on any atom is 0.222 e. The van der Waals surface area contributed by atoms with Crippen LogP contribution in [-0.2, 0) is 20.7 Å². The third-order valence-corrected chi connectivity index (χ3v) is 5.27. The molecular weight excluding hydrogens is 375 g/mol. The van der Waals surface area contributed by atoms with Gasteiger partial charge in [-0.25, -0.2) is 4.39 Å². The Hall–Kier alpha value is -2.15. The highest BCUT2D eigenvalue weighted by Crippen LogP contribution is 2.23. The van der Waals surface area contributed by atoms with E-state index in [4.69, 9.17) is 9.47 Å². The third kappa shape index (κ3) is 6.99. The van der Waals surface area contributed by atoms with Crippen LogP contribution in [-0.4, -0.2) is 55.2 Å². The second-order valence-electron chi connectivity index (χ2n) is 7.84. The van der Waals surface area contributed by atoms with Gasteiger partial charge in [0.2, 0.25) is 11.8 Å². The minimum absolute atomic E-state index is 0.0460. The number of halogens is 1. The molecule has 2 aliphatic rings. The van der Waals surface area contributed by atoms with Crippen molar-refractivity contribution in [2.45, 2.75) is 64.0 Å². The molecule has 2 heterocycles. The van der Waals surface area contributed by atoms with E-state index in [1.807, 2.05) is 17.9 Å². The summed E-state index contributed by atoms with van der Waals surface area (Å²) < 4.78 is 25.2. The quantitative estimate of drug-likeness (QED) is 0.784. The van der Waals surface area contributed by atoms with Crippen molar-refractivity contribution in [2.75, 3.05) is 26.3 Å². The van der Waals surface area contributed by atoms with Gasteiger partial charge >= 0.3 is 0 Å². The molecule has 160 valence electrons. The highest BCUT2D eigenvalue weighted by atomic mass is 19.1. The lowest BCUT2D eigenvalue weighted by Gasteiger charge is -2.22. The first-order valence-corrected chi connectivity index (χ1v) is 10.7. The zero-order chi connectivity index (χ0) is 20.6.